The van der Waals surface area contributed by atoms with Crippen LogP contribution in [-0.4, -0.2) is 34.4 Å². The Kier molecular flexibility index (Phi) is 5.38. The van der Waals surface area contributed by atoms with E-state index in [4.69, 9.17) is 19.7 Å². The minimum Gasteiger partial charge on any atom is -0.480 e. The Morgan fingerprint density at radius 3 is 2.71 bits per heavy atom. The van der Waals surface area contributed by atoms with Crippen LogP contribution in [0.2, 0.25) is 0 Å². The summed E-state index contributed by atoms with van der Waals surface area (Å²) in [6.45, 7) is 1.21. The molecule has 6 heteroatoms. The quantitative estimate of drug-likeness (QED) is 0.682. The molecule has 0 bridgehead atoms. The molecular formula is C11H15NO5. The summed E-state index contributed by atoms with van der Waals surface area (Å²) >= 11 is 0. The molecule has 0 atom stereocenters. The van der Waals surface area contributed by atoms with Crippen LogP contribution >= 0.6 is 0 Å². The smallest absolute Gasteiger partial charge is 0.344 e. The maximum Gasteiger partial charge on any atom is 0.344 e. The average Bonchev–Trinajstić information content (AvgIpc) is 2.36. The molecule has 0 unspecified atom stereocenters. The Labute approximate surface area is 98.8 Å². The predicted octanol–water partition coefficient (Wildman–Crippen LogP) is 0.00810. The molecule has 0 aliphatic heterocycles. The van der Waals surface area contributed by atoms with Crippen molar-refractivity contribution in [3.63, 3.8) is 0 Å². The van der Waals surface area contributed by atoms with Gasteiger partial charge in [0, 0.05) is 0 Å². The fourth-order valence-electron chi connectivity index (χ4n) is 1.21. The van der Waals surface area contributed by atoms with Crippen LogP contribution in [0.5, 0.6) is 5.75 Å². The Morgan fingerprint density at radius 2 is 2.12 bits per heavy atom. The molecule has 0 aliphatic rings. The molecule has 0 amide bonds. The number of nitrogens with zero attached hydrogens (tertiary/aromatic N) is 1. The van der Waals surface area contributed by atoms with E-state index in [9.17, 15) is 4.79 Å². The van der Waals surface area contributed by atoms with Gasteiger partial charge in [-0.05, 0) is 19.1 Å². The van der Waals surface area contributed by atoms with Gasteiger partial charge in [0.2, 0.25) is 0 Å². The van der Waals surface area contributed by atoms with Crippen molar-refractivity contribution >= 4 is 5.97 Å². The van der Waals surface area contributed by atoms with Crippen LogP contribution < -0.4 is 4.74 Å². The number of carbonyl (C=O) groups excluding carboxylic acids is 1. The maximum atomic E-state index is 11.1. The molecule has 17 heavy (non-hydrogen) atoms. The highest BCUT2D eigenvalue weighted by molar-refractivity contribution is 5.71. The van der Waals surface area contributed by atoms with Gasteiger partial charge in [0.1, 0.15) is 11.4 Å². The third-order valence-electron chi connectivity index (χ3n) is 1.95. The number of hydrogen-bond donors (Lipinski definition) is 2. The second-order valence-corrected chi connectivity index (χ2v) is 3.16. The van der Waals surface area contributed by atoms with E-state index in [1.807, 2.05) is 0 Å². The number of pyridine rings is 1. The van der Waals surface area contributed by atoms with Crippen molar-refractivity contribution in [3.05, 3.63) is 23.5 Å². The zero-order valence-corrected chi connectivity index (χ0v) is 9.55. The van der Waals surface area contributed by atoms with Gasteiger partial charge in [-0.25, -0.2) is 9.78 Å². The lowest BCUT2D eigenvalue weighted by Crippen LogP contribution is -2.15. The molecule has 0 saturated heterocycles. The summed E-state index contributed by atoms with van der Waals surface area (Å²) in [7, 11) is 0. The summed E-state index contributed by atoms with van der Waals surface area (Å²) in [5.74, 6) is -0.180. The first-order chi connectivity index (χ1) is 8.21. The van der Waals surface area contributed by atoms with Gasteiger partial charge in [-0.15, -0.1) is 0 Å². The van der Waals surface area contributed by atoms with Gasteiger partial charge in [-0.1, -0.05) is 0 Å². The highest BCUT2D eigenvalue weighted by Crippen LogP contribution is 2.17. The standard InChI is InChI=1S/C11H15NO5/c1-2-16-11(15)7-17-10-4-3-8(5-13)12-9(10)6-14/h3-4,13-14H,2,5-7H2,1H3. The van der Waals surface area contributed by atoms with Crippen LogP contribution in [0.15, 0.2) is 12.1 Å². The van der Waals surface area contributed by atoms with E-state index < -0.39 is 5.97 Å². The van der Waals surface area contributed by atoms with Crippen molar-refractivity contribution in [2.75, 3.05) is 13.2 Å². The Bertz CT molecular complexity index is 380. The SMILES string of the molecule is CCOC(=O)COc1ccc(CO)nc1CO. The van der Waals surface area contributed by atoms with Crippen LogP contribution in [0.4, 0.5) is 0 Å². The van der Waals surface area contributed by atoms with Crippen LogP contribution in [0.3, 0.4) is 0 Å². The number of hydrogen-bond acceptors (Lipinski definition) is 6. The summed E-state index contributed by atoms with van der Waals surface area (Å²) in [4.78, 5) is 15.0. The van der Waals surface area contributed by atoms with E-state index >= 15 is 0 Å². The predicted molar refractivity (Wildman–Crippen MR) is 58.2 cm³/mol. The Morgan fingerprint density at radius 1 is 1.35 bits per heavy atom. The number of rotatable bonds is 6. The van der Waals surface area contributed by atoms with Crippen molar-refractivity contribution in [2.45, 2.75) is 20.1 Å². The van der Waals surface area contributed by atoms with Gasteiger partial charge in [0.05, 0.1) is 25.5 Å². The molecular weight excluding hydrogens is 226 g/mol. The number of aliphatic hydroxyl groups excluding tert-OH is 2. The lowest BCUT2D eigenvalue weighted by atomic mass is 10.3. The van der Waals surface area contributed by atoms with Crippen LogP contribution in [0, 0.1) is 0 Å². The van der Waals surface area contributed by atoms with Gasteiger partial charge < -0.3 is 19.7 Å². The molecule has 1 aromatic rings. The van der Waals surface area contributed by atoms with E-state index in [1.54, 1.807) is 19.1 Å². The number of aromatic nitrogens is 1. The average molecular weight is 241 g/mol. The van der Waals surface area contributed by atoms with Gasteiger partial charge in [0.25, 0.3) is 0 Å². The van der Waals surface area contributed by atoms with Gasteiger partial charge >= 0.3 is 5.97 Å². The Balaban J connectivity index is 2.67. The first kappa shape index (κ1) is 13.4. The molecule has 94 valence electrons. The highest BCUT2D eigenvalue weighted by atomic mass is 16.6. The maximum absolute atomic E-state index is 11.1. The number of esters is 1. The zero-order valence-electron chi connectivity index (χ0n) is 9.55. The molecule has 1 aromatic heterocycles. The molecule has 0 radical (unpaired) electrons. The first-order valence-corrected chi connectivity index (χ1v) is 5.20. The molecule has 0 spiro atoms. The fraction of sp³-hybridized carbons (Fsp3) is 0.455. The molecule has 0 saturated carbocycles. The molecule has 1 rings (SSSR count). The van der Waals surface area contributed by atoms with E-state index in [1.165, 1.54) is 0 Å². The number of carbonyl (C=O) groups is 1. The summed E-state index contributed by atoms with van der Waals surface area (Å²) in [6.07, 6.45) is 0. The molecule has 1 heterocycles. The summed E-state index contributed by atoms with van der Waals surface area (Å²) in [6, 6.07) is 3.10. The zero-order chi connectivity index (χ0) is 12.7. The lowest BCUT2D eigenvalue weighted by Gasteiger charge is -2.09. The van der Waals surface area contributed by atoms with Crippen LogP contribution in [0.25, 0.3) is 0 Å². The third kappa shape index (κ3) is 4.01. The molecule has 0 fully saturated rings. The van der Waals surface area contributed by atoms with Gasteiger partial charge in [-0.2, -0.15) is 0 Å². The first-order valence-electron chi connectivity index (χ1n) is 5.20. The van der Waals surface area contributed by atoms with E-state index in [0.717, 1.165) is 0 Å². The van der Waals surface area contributed by atoms with Gasteiger partial charge in [0.15, 0.2) is 6.61 Å². The van der Waals surface area contributed by atoms with Crippen molar-refractivity contribution in [1.82, 2.24) is 4.98 Å². The number of aliphatic hydroxyl groups is 2. The number of ether oxygens (including phenoxy) is 2. The normalized spacial score (nSPS) is 10.1. The Hall–Kier alpha value is -1.66. The minimum atomic E-state index is -0.484. The third-order valence-corrected chi connectivity index (χ3v) is 1.95. The molecule has 2 N–H and O–H groups in total. The van der Waals surface area contributed by atoms with Crippen molar-refractivity contribution < 1.29 is 24.5 Å². The lowest BCUT2D eigenvalue weighted by molar-refractivity contribution is -0.145. The van der Waals surface area contributed by atoms with E-state index in [2.05, 4.69) is 4.98 Å². The van der Waals surface area contributed by atoms with Crippen LogP contribution in [-0.2, 0) is 22.7 Å². The largest absolute Gasteiger partial charge is 0.480 e. The van der Waals surface area contributed by atoms with E-state index in [-0.39, 0.29) is 32.1 Å². The minimum absolute atomic E-state index is 0.217. The monoisotopic (exact) mass is 241 g/mol. The summed E-state index contributed by atoms with van der Waals surface area (Å²) < 4.78 is 9.86. The van der Waals surface area contributed by atoms with Crippen molar-refractivity contribution in [2.24, 2.45) is 0 Å². The molecule has 0 aliphatic carbocycles. The summed E-state index contributed by atoms with van der Waals surface area (Å²) in [5, 5.41) is 17.9. The second-order valence-electron chi connectivity index (χ2n) is 3.16. The van der Waals surface area contributed by atoms with Crippen molar-refractivity contribution in [1.29, 1.82) is 0 Å². The highest BCUT2D eigenvalue weighted by Gasteiger charge is 2.09. The van der Waals surface area contributed by atoms with Gasteiger partial charge in [-0.3, -0.25) is 0 Å². The second kappa shape index (κ2) is 6.82. The summed E-state index contributed by atoms with van der Waals surface area (Å²) in [5.41, 5.74) is 0.707. The molecule has 6 nitrogen and oxygen atoms in total. The van der Waals surface area contributed by atoms with E-state index in [0.29, 0.717) is 11.4 Å². The topological polar surface area (TPSA) is 88.9 Å². The van der Waals surface area contributed by atoms with Crippen molar-refractivity contribution in [3.8, 4) is 5.75 Å². The fourth-order valence-corrected chi connectivity index (χ4v) is 1.21. The molecule has 0 aromatic carbocycles. The van der Waals surface area contributed by atoms with Crippen LogP contribution in [0.1, 0.15) is 18.3 Å².